The van der Waals surface area contributed by atoms with Crippen LogP contribution in [0.3, 0.4) is 0 Å². The molecule has 2 rings (SSSR count). The summed E-state index contributed by atoms with van der Waals surface area (Å²) >= 11 is 0. The predicted octanol–water partition coefficient (Wildman–Crippen LogP) is 2.57. The first-order valence-corrected chi connectivity index (χ1v) is 5.84. The molecule has 1 aromatic heterocycles. The fraction of sp³-hybridized carbons (Fsp3) is 0.286. The lowest BCUT2D eigenvalue weighted by Gasteiger charge is -2.08. The summed E-state index contributed by atoms with van der Waals surface area (Å²) in [5, 5.41) is 0.984. The first-order chi connectivity index (χ1) is 8.81. The SMILES string of the molecule is COC(=O)CCCOc1cccc2ncccc12. The summed E-state index contributed by atoms with van der Waals surface area (Å²) in [5.41, 5.74) is 0.906. The van der Waals surface area contributed by atoms with Crippen molar-refractivity contribution < 1.29 is 14.3 Å². The number of methoxy groups -OCH3 is 1. The van der Waals surface area contributed by atoms with Gasteiger partial charge >= 0.3 is 5.97 Å². The minimum atomic E-state index is -0.210. The Morgan fingerprint density at radius 2 is 2.17 bits per heavy atom. The van der Waals surface area contributed by atoms with Gasteiger partial charge < -0.3 is 9.47 Å². The minimum Gasteiger partial charge on any atom is -0.493 e. The Labute approximate surface area is 106 Å². The summed E-state index contributed by atoms with van der Waals surface area (Å²) in [6, 6.07) is 9.60. The number of rotatable bonds is 5. The molecule has 1 aromatic carbocycles. The maximum atomic E-state index is 10.9. The molecule has 0 aliphatic carbocycles. The Morgan fingerprint density at radius 1 is 1.28 bits per heavy atom. The highest BCUT2D eigenvalue weighted by Crippen LogP contribution is 2.23. The molecule has 18 heavy (non-hydrogen) atoms. The highest BCUT2D eigenvalue weighted by atomic mass is 16.5. The Balaban J connectivity index is 1.97. The zero-order valence-corrected chi connectivity index (χ0v) is 10.3. The number of esters is 1. The number of carbonyl (C=O) groups excluding carboxylic acids is 1. The van der Waals surface area contributed by atoms with E-state index in [0.29, 0.717) is 19.4 Å². The average Bonchev–Trinajstić information content (AvgIpc) is 2.43. The van der Waals surface area contributed by atoms with E-state index in [1.54, 1.807) is 6.20 Å². The number of benzene rings is 1. The third kappa shape index (κ3) is 2.97. The quantitative estimate of drug-likeness (QED) is 0.600. The van der Waals surface area contributed by atoms with Crippen LogP contribution in [0.25, 0.3) is 10.9 Å². The van der Waals surface area contributed by atoms with Crippen LogP contribution in [-0.2, 0) is 9.53 Å². The molecule has 2 aromatic rings. The lowest BCUT2D eigenvalue weighted by Crippen LogP contribution is -2.04. The summed E-state index contributed by atoms with van der Waals surface area (Å²) in [7, 11) is 1.39. The van der Waals surface area contributed by atoms with Gasteiger partial charge in [0.2, 0.25) is 0 Å². The highest BCUT2D eigenvalue weighted by molar-refractivity contribution is 5.84. The van der Waals surface area contributed by atoms with E-state index >= 15 is 0 Å². The monoisotopic (exact) mass is 245 g/mol. The molecule has 0 spiro atoms. The Hall–Kier alpha value is -2.10. The summed E-state index contributed by atoms with van der Waals surface area (Å²) in [6.45, 7) is 0.489. The molecule has 0 radical (unpaired) electrons. The van der Waals surface area contributed by atoms with E-state index < -0.39 is 0 Å². The molecular weight excluding hydrogens is 230 g/mol. The first-order valence-electron chi connectivity index (χ1n) is 5.84. The lowest BCUT2D eigenvalue weighted by molar-refractivity contribution is -0.140. The molecule has 0 saturated heterocycles. The highest BCUT2D eigenvalue weighted by Gasteiger charge is 2.03. The normalized spacial score (nSPS) is 10.3. The van der Waals surface area contributed by atoms with Gasteiger partial charge in [0, 0.05) is 18.0 Å². The summed E-state index contributed by atoms with van der Waals surface area (Å²) in [4.78, 5) is 15.2. The van der Waals surface area contributed by atoms with E-state index in [-0.39, 0.29) is 5.97 Å². The molecule has 0 bridgehead atoms. The van der Waals surface area contributed by atoms with Crippen LogP contribution in [0.4, 0.5) is 0 Å². The van der Waals surface area contributed by atoms with Crippen molar-refractivity contribution in [3.63, 3.8) is 0 Å². The number of pyridine rings is 1. The number of hydrogen-bond donors (Lipinski definition) is 0. The Morgan fingerprint density at radius 3 is 3.00 bits per heavy atom. The van der Waals surface area contributed by atoms with Gasteiger partial charge in [-0.2, -0.15) is 0 Å². The number of ether oxygens (including phenoxy) is 2. The zero-order chi connectivity index (χ0) is 12.8. The van der Waals surface area contributed by atoms with E-state index in [1.165, 1.54) is 7.11 Å². The Bertz CT molecular complexity index is 534. The standard InChI is InChI=1S/C14H15NO3/c1-17-14(16)8-4-10-18-13-7-2-6-12-11(13)5-3-9-15-12/h2-3,5-7,9H,4,8,10H2,1H3. The molecule has 0 unspecified atom stereocenters. The molecule has 0 atom stereocenters. The molecule has 0 saturated carbocycles. The number of fused-ring (bicyclic) bond motifs is 1. The van der Waals surface area contributed by atoms with Crippen LogP contribution in [0.5, 0.6) is 5.75 Å². The van der Waals surface area contributed by atoms with Gasteiger partial charge in [0.1, 0.15) is 5.75 Å². The topological polar surface area (TPSA) is 48.4 Å². The van der Waals surface area contributed by atoms with Crippen molar-refractivity contribution in [1.29, 1.82) is 0 Å². The largest absolute Gasteiger partial charge is 0.493 e. The predicted molar refractivity (Wildman–Crippen MR) is 68.5 cm³/mol. The molecule has 0 aliphatic heterocycles. The molecule has 4 nitrogen and oxygen atoms in total. The van der Waals surface area contributed by atoms with Crippen molar-refractivity contribution in [1.82, 2.24) is 4.98 Å². The van der Waals surface area contributed by atoms with Gasteiger partial charge in [0.05, 0.1) is 19.2 Å². The second-order valence-electron chi connectivity index (χ2n) is 3.85. The number of carbonyl (C=O) groups is 1. The number of aromatic nitrogens is 1. The lowest BCUT2D eigenvalue weighted by atomic mass is 10.2. The van der Waals surface area contributed by atoms with Crippen LogP contribution in [0.2, 0.25) is 0 Å². The molecule has 0 aliphatic rings. The van der Waals surface area contributed by atoms with Crippen LogP contribution in [0, 0.1) is 0 Å². The van der Waals surface area contributed by atoms with Gasteiger partial charge in [0.25, 0.3) is 0 Å². The van der Waals surface area contributed by atoms with E-state index in [4.69, 9.17) is 4.74 Å². The van der Waals surface area contributed by atoms with E-state index in [2.05, 4.69) is 9.72 Å². The third-order valence-corrected chi connectivity index (χ3v) is 2.62. The molecule has 4 heteroatoms. The molecule has 1 heterocycles. The van der Waals surface area contributed by atoms with Crippen molar-refractivity contribution >= 4 is 16.9 Å². The molecule has 0 fully saturated rings. The van der Waals surface area contributed by atoms with Gasteiger partial charge in [0.15, 0.2) is 0 Å². The third-order valence-electron chi connectivity index (χ3n) is 2.62. The summed E-state index contributed by atoms with van der Waals surface area (Å²) in [6.07, 6.45) is 2.77. The van der Waals surface area contributed by atoms with Crippen molar-refractivity contribution in [2.45, 2.75) is 12.8 Å². The van der Waals surface area contributed by atoms with Crippen LogP contribution < -0.4 is 4.74 Å². The molecular formula is C14H15NO3. The van der Waals surface area contributed by atoms with Crippen LogP contribution in [0.15, 0.2) is 36.5 Å². The molecule has 0 amide bonds. The second-order valence-corrected chi connectivity index (χ2v) is 3.85. The summed E-state index contributed by atoms with van der Waals surface area (Å²) < 4.78 is 10.2. The molecule has 0 N–H and O–H groups in total. The van der Waals surface area contributed by atoms with E-state index in [0.717, 1.165) is 16.7 Å². The fourth-order valence-corrected chi connectivity index (χ4v) is 1.70. The number of nitrogens with zero attached hydrogens (tertiary/aromatic N) is 1. The van der Waals surface area contributed by atoms with Crippen molar-refractivity contribution in [2.24, 2.45) is 0 Å². The van der Waals surface area contributed by atoms with Crippen LogP contribution >= 0.6 is 0 Å². The van der Waals surface area contributed by atoms with Crippen molar-refractivity contribution in [3.05, 3.63) is 36.5 Å². The fourth-order valence-electron chi connectivity index (χ4n) is 1.70. The smallest absolute Gasteiger partial charge is 0.305 e. The summed E-state index contributed by atoms with van der Waals surface area (Å²) in [5.74, 6) is 0.587. The maximum Gasteiger partial charge on any atom is 0.305 e. The maximum absolute atomic E-state index is 10.9. The number of hydrogen-bond acceptors (Lipinski definition) is 4. The minimum absolute atomic E-state index is 0.210. The van der Waals surface area contributed by atoms with Gasteiger partial charge in [-0.05, 0) is 30.7 Å². The average molecular weight is 245 g/mol. The van der Waals surface area contributed by atoms with Crippen LogP contribution in [-0.4, -0.2) is 24.7 Å². The van der Waals surface area contributed by atoms with E-state index in [1.807, 2.05) is 30.3 Å². The second kappa shape index (κ2) is 6.00. The van der Waals surface area contributed by atoms with E-state index in [9.17, 15) is 4.79 Å². The van der Waals surface area contributed by atoms with Gasteiger partial charge in [-0.3, -0.25) is 9.78 Å². The van der Waals surface area contributed by atoms with Crippen molar-refractivity contribution in [3.8, 4) is 5.75 Å². The first kappa shape index (κ1) is 12.4. The van der Waals surface area contributed by atoms with Gasteiger partial charge in [-0.25, -0.2) is 0 Å². The zero-order valence-electron chi connectivity index (χ0n) is 10.3. The molecule has 94 valence electrons. The Kier molecular flexibility index (Phi) is 4.12. The van der Waals surface area contributed by atoms with Crippen LogP contribution in [0.1, 0.15) is 12.8 Å². The van der Waals surface area contributed by atoms with Gasteiger partial charge in [-0.1, -0.05) is 6.07 Å². The van der Waals surface area contributed by atoms with Gasteiger partial charge in [-0.15, -0.1) is 0 Å². The van der Waals surface area contributed by atoms with Crippen molar-refractivity contribution in [2.75, 3.05) is 13.7 Å².